The van der Waals surface area contributed by atoms with Gasteiger partial charge in [0.05, 0.1) is 0 Å². The van der Waals surface area contributed by atoms with Gasteiger partial charge >= 0.3 is 6.03 Å². The average molecular weight is 375 g/mol. The molecular formula is C19H26N4O2S. The van der Waals surface area contributed by atoms with E-state index in [0.29, 0.717) is 41.4 Å². The molecule has 0 saturated carbocycles. The molecule has 0 unspecified atom stereocenters. The predicted octanol–water partition coefficient (Wildman–Crippen LogP) is 4.54. The average Bonchev–Trinajstić information content (AvgIpc) is 3.01. The summed E-state index contributed by atoms with van der Waals surface area (Å²) in [4.78, 5) is 30.9. The van der Waals surface area contributed by atoms with E-state index in [1.54, 1.807) is 17.5 Å². The summed E-state index contributed by atoms with van der Waals surface area (Å²) in [5.41, 5.74) is 1.06. The monoisotopic (exact) mass is 374 g/mol. The van der Waals surface area contributed by atoms with Gasteiger partial charge in [-0.25, -0.2) is 9.78 Å². The first kappa shape index (κ1) is 19.9. The van der Waals surface area contributed by atoms with Crippen molar-refractivity contribution >= 4 is 34.1 Å². The van der Waals surface area contributed by atoms with Crippen LogP contribution in [0.3, 0.4) is 0 Å². The van der Waals surface area contributed by atoms with Crippen molar-refractivity contribution in [3.05, 3.63) is 41.4 Å². The van der Waals surface area contributed by atoms with Crippen LogP contribution in [0, 0.1) is 11.8 Å². The van der Waals surface area contributed by atoms with Crippen LogP contribution in [0.5, 0.6) is 0 Å². The predicted molar refractivity (Wildman–Crippen MR) is 107 cm³/mol. The van der Waals surface area contributed by atoms with Crippen molar-refractivity contribution in [1.82, 2.24) is 9.88 Å². The maximum atomic E-state index is 12.7. The molecule has 6 nitrogen and oxygen atoms in total. The highest BCUT2D eigenvalue weighted by Gasteiger charge is 2.21. The summed E-state index contributed by atoms with van der Waals surface area (Å²) < 4.78 is 0. The molecule has 3 amide bonds. The summed E-state index contributed by atoms with van der Waals surface area (Å²) in [7, 11) is 0. The van der Waals surface area contributed by atoms with Crippen LogP contribution >= 0.6 is 11.3 Å². The van der Waals surface area contributed by atoms with Gasteiger partial charge < -0.3 is 10.2 Å². The minimum Gasteiger partial charge on any atom is -0.337 e. The first-order valence-electron chi connectivity index (χ1n) is 8.73. The number of hydrogen-bond donors (Lipinski definition) is 2. The van der Waals surface area contributed by atoms with Gasteiger partial charge in [-0.05, 0) is 24.0 Å². The zero-order valence-electron chi connectivity index (χ0n) is 15.7. The van der Waals surface area contributed by atoms with Gasteiger partial charge in [-0.3, -0.25) is 10.1 Å². The number of carbonyl (C=O) groups excluding carboxylic acids is 2. The lowest BCUT2D eigenvalue weighted by Crippen LogP contribution is -2.37. The molecule has 0 bridgehead atoms. The maximum Gasteiger partial charge on any atom is 0.325 e. The molecule has 0 spiro atoms. The number of benzene rings is 1. The lowest BCUT2D eigenvalue weighted by molar-refractivity contribution is 0.0710. The van der Waals surface area contributed by atoms with E-state index in [2.05, 4.69) is 43.3 Å². The van der Waals surface area contributed by atoms with Crippen molar-refractivity contribution in [1.29, 1.82) is 0 Å². The second kappa shape index (κ2) is 9.33. The Morgan fingerprint density at radius 3 is 2.23 bits per heavy atom. The number of carbonyl (C=O) groups is 2. The molecule has 2 rings (SSSR count). The summed E-state index contributed by atoms with van der Waals surface area (Å²) in [6.07, 6.45) is 0. The molecule has 7 heteroatoms. The van der Waals surface area contributed by atoms with E-state index >= 15 is 0 Å². The topological polar surface area (TPSA) is 74.3 Å². The van der Waals surface area contributed by atoms with Crippen LogP contribution in [0.15, 0.2) is 35.7 Å². The zero-order chi connectivity index (χ0) is 19.1. The molecule has 0 atom stereocenters. The Bertz CT molecular complexity index is 718. The molecule has 0 saturated heterocycles. The molecule has 1 aromatic carbocycles. The molecule has 2 N–H and O–H groups in total. The van der Waals surface area contributed by atoms with Crippen LogP contribution in [0.4, 0.5) is 15.6 Å². The quantitative estimate of drug-likeness (QED) is 0.747. The van der Waals surface area contributed by atoms with E-state index in [4.69, 9.17) is 0 Å². The molecule has 0 aliphatic carbocycles. The number of anilines is 2. The molecule has 0 aliphatic rings. The van der Waals surface area contributed by atoms with Crippen molar-refractivity contribution in [3.63, 3.8) is 0 Å². The largest absolute Gasteiger partial charge is 0.337 e. The highest BCUT2D eigenvalue weighted by atomic mass is 32.1. The molecule has 0 aliphatic heterocycles. The molecule has 2 aromatic rings. The zero-order valence-corrected chi connectivity index (χ0v) is 16.5. The molecule has 1 heterocycles. The summed E-state index contributed by atoms with van der Waals surface area (Å²) >= 11 is 1.24. The van der Waals surface area contributed by atoms with Crippen LogP contribution in [-0.2, 0) is 0 Å². The van der Waals surface area contributed by atoms with Crippen LogP contribution in [0.2, 0.25) is 0 Å². The van der Waals surface area contributed by atoms with Gasteiger partial charge in [0.25, 0.3) is 5.91 Å². The summed E-state index contributed by atoms with van der Waals surface area (Å²) in [6.45, 7) is 9.72. The highest BCUT2D eigenvalue weighted by molar-refractivity contribution is 7.14. The molecular weight excluding hydrogens is 348 g/mol. The molecule has 26 heavy (non-hydrogen) atoms. The first-order chi connectivity index (χ1) is 12.3. The van der Waals surface area contributed by atoms with Crippen molar-refractivity contribution in [2.45, 2.75) is 27.7 Å². The molecule has 1 aromatic heterocycles. The van der Waals surface area contributed by atoms with Gasteiger partial charge in [0.15, 0.2) is 5.13 Å². The fourth-order valence-electron chi connectivity index (χ4n) is 2.49. The van der Waals surface area contributed by atoms with Crippen LogP contribution in [0.25, 0.3) is 0 Å². The van der Waals surface area contributed by atoms with Gasteiger partial charge in [0.1, 0.15) is 5.69 Å². The van der Waals surface area contributed by atoms with Crippen LogP contribution < -0.4 is 10.6 Å². The Morgan fingerprint density at radius 1 is 1.04 bits per heavy atom. The van der Waals surface area contributed by atoms with Crippen LogP contribution in [0.1, 0.15) is 38.2 Å². The highest BCUT2D eigenvalue weighted by Crippen LogP contribution is 2.18. The second-order valence-corrected chi connectivity index (χ2v) is 7.84. The number of para-hydroxylation sites is 1. The number of rotatable bonds is 7. The van der Waals surface area contributed by atoms with Crippen LogP contribution in [-0.4, -0.2) is 34.9 Å². The normalized spacial score (nSPS) is 10.8. The summed E-state index contributed by atoms with van der Waals surface area (Å²) in [6, 6.07) is 8.77. The maximum absolute atomic E-state index is 12.7. The minimum atomic E-state index is -0.384. The van der Waals surface area contributed by atoms with E-state index in [1.807, 2.05) is 23.1 Å². The lowest BCUT2D eigenvalue weighted by Gasteiger charge is -2.25. The summed E-state index contributed by atoms with van der Waals surface area (Å²) in [5, 5.41) is 7.49. The lowest BCUT2D eigenvalue weighted by atomic mass is 10.1. The number of nitrogens with one attached hydrogen (secondary N) is 2. The van der Waals surface area contributed by atoms with E-state index in [9.17, 15) is 9.59 Å². The fraction of sp³-hybridized carbons (Fsp3) is 0.421. The standard InChI is InChI=1S/C19H26N4O2S/c1-13(2)10-23(11-14(3)4)17(24)16-12-26-19(21-16)22-18(25)20-15-8-6-5-7-9-15/h5-9,12-14H,10-11H2,1-4H3,(H2,20,21,22,25). The van der Waals surface area contributed by atoms with Gasteiger partial charge in [-0.2, -0.15) is 0 Å². The van der Waals surface area contributed by atoms with Gasteiger partial charge in [-0.1, -0.05) is 45.9 Å². The van der Waals surface area contributed by atoms with Crippen molar-refractivity contribution in [2.24, 2.45) is 11.8 Å². The number of thiazole rings is 1. The SMILES string of the molecule is CC(C)CN(CC(C)C)C(=O)c1csc(NC(=O)Nc2ccccc2)n1. The molecule has 140 valence electrons. The van der Waals surface area contributed by atoms with Crippen molar-refractivity contribution in [3.8, 4) is 0 Å². The number of hydrogen-bond acceptors (Lipinski definition) is 4. The van der Waals surface area contributed by atoms with Crippen molar-refractivity contribution in [2.75, 3.05) is 23.7 Å². The minimum absolute atomic E-state index is 0.0971. The Hall–Kier alpha value is -2.41. The number of amides is 3. The van der Waals surface area contributed by atoms with E-state index in [0.717, 1.165) is 0 Å². The third kappa shape index (κ3) is 6.15. The number of nitrogens with zero attached hydrogens (tertiary/aromatic N) is 2. The Kier molecular flexibility index (Phi) is 7.15. The van der Waals surface area contributed by atoms with Crippen molar-refractivity contribution < 1.29 is 9.59 Å². The summed E-state index contributed by atoms with van der Waals surface area (Å²) in [5.74, 6) is 0.663. The Morgan fingerprint density at radius 2 is 1.65 bits per heavy atom. The van der Waals surface area contributed by atoms with Gasteiger partial charge in [0.2, 0.25) is 0 Å². The third-order valence-corrected chi connectivity index (χ3v) is 4.19. The molecule has 0 fully saturated rings. The van der Waals surface area contributed by atoms with E-state index < -0.39 is 0 Å². The van der Waals surface area contributed by atoms with E-state index in [-0.39, 0.29) is 11.9 Å². The number of aromatic nitrogens is 1. The number of urea groups is 1. The molecule has 0 radical (unpaired) electrons. The van der Waals surface area contributed by atoms with E-state index in [1.165, 1.54) is 11.3 Å². The van der Waals surface area contributed by atoms with Gasteiger partial charge in [0, 0.05) is 24.2 Å². The fourth-order valence-corrected chi connectivity index (χ4v) is 3.17. The third-order valence-electron chi connectivity index (χ3n) is 3.43. The first-order valence-corrected chi connectivity index (χ1v) is 9.61. The smallest absolute Gasteiger partial charge is 0.325 e. The second-order valence-electron chi connectivity index (χ2n) is 6.98. The Balaban J connectivity index is 2.00. The Labute approximate surface area is 158 Å². The van der Waals surface area contributed by atoms with Gasteiger partial charge in [-0.15, -0.1) is 11.3 Å².